The third-order valence-corrected chi connectivity index (χ3v) is 1.04. The summed E-state index contributed by atoms with van der Waals surface area (Å²) in [5, 5.41) is 17.6. The van der Waals surface area contributed by atoms with Gasteiger partial charge in [-0.25, -0.2) is 5.48 Å². The fourth-order valence-corrected chi connectivity index (χ4v) is 0.522. The first-order valence-corrected chi connectivity index (χ1v) is 3.24. The number of nitrogens with two attached hydrogens (primary N) is 1. The third-order valence-electron chi connectivity index (χ3n) is 1.04. The van der Waals surface area contributed by atoms with Gasteiger partial charge in [0.1, 0.15) is 0 Å². The van der Waals surface area contributed by atoms with E-state index >= 15 is 0 Å². The Bertz CT molecular complexity index is 95.6. The summed E-state index contributed by atoms with van der Waals surface area (Å²) >= 11 is 0. The van der Waals surface area contributed by atoms with Crippen LogP contribution in [-0.4, -0.2) is 24.3 Å². The molecule has 0 saturated carbocycles. The minimum atomic E-state index is -0.0722. The first kappa shape index (κ1) is 9.19. The molecule has 0 aromatic carbocycles. The second-order valence-electron chi connectivity index (χ2n) is 1.91. The maximum atomic E-state index is 8.13. The summed E-state index contributed by atoms with van der Waals surface area (Å²) in [7, 11) is 0. The van der Waals surface area contributed by atoms with Gasteiger partial charge in [-0.3, -0.25) is 10.6 Å². The summed E-state index contributed by atoms with van der Waals surface area (Å²) in [5.41, 5.74) is 6.91. The molecule has 0 heterocycles. The Morgan fingerprint density at radius 2 is 2.20 bits per heavy atom. The summed E-state index contributed by atoms with van der Waals surface area (Å²) in [6.07, 6.45) is 1.85. The standard InChI is InChI=1S/C5H14N4O/c6-3-1-2-4-8-5(7)9-10/h10H,1-4,6H2,(H3,7,8,9). The van der Waals surface area contributed by atoms with Crippen molar-refractivity contribution < 1.29 is 5.21 Å². The maximum absolute atomic E-state index is 8.13. The highest BCUT2D eigenvalue weighted by Crippen LogP contribution is 1.80. The van der Waals surface area contributed by atoms with Gasteiger partial charge in [0.15, 0.2) is 0 Å². The van der Waals surface area contributed by atoms with Crippen molar-refractivity contribution in [1.29, 1.82) is 5.41 Å². The summed E-state index contributed by atoms with van der Waals surface area (Å²) in [6.45, 7) is 1.34. The second kappa shape index (κ2) is 6.31. The monoisotopic (exact) mass is 146 g/mol. The van der Waals surface area contributed by atoms with Gasteiger partial charge in [0.2, 0.25) is 5.96 Å². The lowest BCUT2D eigenvalue weighted by Gasteiger charge is -2.03. The molecule has 0 aliphatic rings. The predicted octanol–water partition coefficient (Wildman–Crippen LogP) is -0.772. The van der Waals surface area contributed by atoms with Gasteiger partial charge in [0.05, 0.1) is 0 Å². The number of hydrogen-bond acceptors (Lipinski definition) is 3. The van der Waals surface area contributed by atoms with Crippen molar-refractivity contribution in [2.24, 2.45) is 5.73 Å². The van der Waals surface area contributed by atoms with Gasteiger partial charge in [0.25, 0.3) is 0 Å². The highest BCUT2D eigenvalue weighted by Gasteiger charge is 1.89. The van der Waals surface area contributed by atoms with Crippen LogP contribution in [0.15, 0.2) is 0 Å². The molecule has 10 heavy (non-hydrogen) atoms. The Hall–Kier alpha value is -0.810. The van der Waals surface area contributed by atoms with Crippen molar-refractivity contribution in [2.75, 3.05) is 13.1 Å². The van der Waals surface area contributed by atoms with E-state index in [1.807, 2.05) is 0 Å². The Kier molecular flexibility index (Phi) is 5.80. The van der Waals surface area contributed by atoms with Crippen LogP contribution in [0.4, 0.5) is 0 Å². The van der Waals surface area contributed by atoms with Gasteiger partial charge in [0, 0.05) is 6.54 Å². The molecule has 0 amide bonds. The molecule has 0 aliphatic heterocycles. The second-order valence-corrected chi connectivity index (χ2v) is 1.91. The smallest absolute Gasteiger partial charge is 0.212 e. The van der Waals surface area contributed by atoms with Crippen LogP contribution in [0.1, 0.15) is 12.8 Å². The summed E-state index contributed by atoms with van der Waals surface area (Å²) in [4.78, 5) is 0. The lowest BCUT2D eigenvalue weighted by molar-refractivity contribution is 0.228. The van der Waals surface area contributed by atoms with E-state index in [0.29, 0.717) is 13.1 Å². The predicted molar refractivity (Wildman–Crippen MR) is 38.9 cm³/mol. The van der Waals surface area contributed by atoms with E-state index in [0.717, 1.165) is 12.8 Å². The van der Waals surface area contributed by atoms with E-state index in [1.165, 1.54) is 0 Å². The van der Waals surface area contributed by atoms with E-state index in [4.69, 9.17) is 16.4 Å². The highest BCUT2D eigenvalue weighted by atomic mass is 16.5. The molecule has 0 unspecified atom stereocenters. The van der Waals surface area contributed by atoms with Crippen molar-refractivity contribution in [3.63, 3.8) is 0 Å². The number of nitrogens with one attached hydrogen (secondary N) is 3. The van der Waals surface area contributed by atoms with Gasteiger partial charge in [-0.15, -0.1) is 0 Å². The maximum Gasteiger partial charge on any atom is 0.212 e. The van der Waals surface area contributed by atoms with E-state index in [1.54, 1.807) is 5.48 Å². The Labute approximate surface area is 60.1 Å². The largest absolute Gasteiger partial charge is 0.355 e. The average molecular weight is 146 g/mol. The van der Waals surface area contributed by atoms with Gasteiger partial charge in [-0.1, -0.05) is 0 Å². The van der Waals surface area contributed by atoms with Crippen LogP contribution in [0.25, 0.3) is 0 Å². The minimum absolute atomic E-state index is 0.0722. The van der Waals surface area contributed by atoms with Crippen LogP contribution < -0.4 is 16.5 Å². The molecule has 0 fully saturated rings. The van der Waals surface area contributed by atoms with Crippen LogP contribution in [-0.2, 0) is 0 Å². The average Bonchev–Trinajstić information content (AvgIpc) is 1.98. The number of unbranched alkanes of at least 4 members (excludes halogenated alkanes) is 1. The van der Waals surface area contributed by atoms with Gasteiger partial charge in [-0.2, -0.15) is 0 Å². The summed E-state index contributed by atoms with van der Waals surface area (Å²) < 4.78 is 0. The number of rotatable bonds is 4. The van der Waals surface area contributed by atoms with Gasteiger partial charge < -0.3 is 11.1 Å². The van der Waals surface area contributed by atoms with Gasteiger partial charge >= 0.3 is 0 Å². The van der Waals surface area contributed by atoms with Crippen LogP contribution in [0.3, 0.4) is 0 Å². The van der Waals surface area contributed by atoms with Crippen molar-refractivity contribution in [3.8, 4) is 0 Å². The molecule has 0 radical (unpaired) electrons. The minimum Gasteiger partial charge on any atom is -0.355 e. The molecule has 0 aromatic heterocycles. The van der Waals surface area contributed by atoms with Crippen LogP contribution >= 0.6 is 0 Å². The number of guanidine groups is 1. The Morgan fingerprint density at radius 1 is 1.50 bits per heavy atom. The SMILES string of the molecule is N=C(NO)NCCCCN. The molecule has 0 atom stereocenters. The van der Waals surface area contributed by atoms with Crippen molar-refractivity contribution in [3.05, 3.63) is 0 Å². The van der Waals surface area contributed by atoms with E-state index < -0.39 is 0 Å². The zero-order chi connectivity index (χ0) is 7.82. The number of hydrogen-bond donors (Lipinski definition) is 5. The summed E-state index contributed by atoms with van der Waals surface area (Å²) in [5.74, 6) is -0.0722. The van der Waals surface area contributed by atoms with Crippen molar-refractivity contribution >= 4 is 5.96 Å². The molecular formula is C5H14N4O. The fraction of sp³-hybridized carbons (Fsp3) is 0.800. The molecule has 6 N–H and O–H groups in total. The molecular weight excluding hydrogens is 132 g/mol. The summed E-state index contributed by atoms with van der Waals surface area (Å²) in [6, 6.07) is 0. The van der Waals surface area contributed by atoms with Crippen molar-refractivity contribution in [1.82, 2.24) is 10.8 Å². The molecule has 0 aromatic rings. The molecule has 5 nitrogen and oxygen atoms in total. The third kappa shape index (κ3) is 5.33. The van der Waals surface area contributed by atoms with E-state index in [-0.39, 0.29) is 5.96 Å². The Balaban J connectivity index is 2.96. The first-order valence-electron chi connectivity index (χ1n) is 3.24. The zero-order valence-corrected chi connectivity index (χ0v) is 5.85. The number of hydroxylamine groups is 1. The molecule has 0 rings (SSSR count). The molecule has 0 bridgehead atoms. The van der Waals surface area contributed by atoms with E-state index in [9.17, 15) is 0 Å². The Morgan fingerprint density at radius 3 is 2.70 bits per heavy atom. The first-order chi connectivity index (χ1) is 4.81. The highest BCUT2D eigenvalue weighted by molar-refractivity contribution is 5.74. The molecule has 60 valence electrons. The normalized spacial score (nSPS) is 9.00. The molecule has 0 aliphatic carbocycles. The zero-order valence-electron chi connectivity index (χ0n) is 5.85. The van der Waals surface area contributed by atoms with Crippen LogP contribution in [0.5, 0.6) is 0 Å². The molecule has 5 heteroatoms. The van der Waals surface area contributed by atoms with Crippen LogP contribution in [0, 0.1) is 5.41 Å². The fourth-order valence-electron chi connectivity index (χ4n) is 0.522. The van der Waals surface area contributed by atoms with E-state index in [2.05, 4.69) is 5.32 Å². The quantitative estimate of drug-likeness (QED) is 0.156. The lowest BCUT2D eigenvalue weighted by Crippen LogP contribution is -2.34. The van der Waals surface area contributed by atoms with Gasteiger partial charge in [-0.05, 0) is 19.4 Å². The molecule has 0 spiro atoms. The topological polar surface area (TPSA) is 94.2 Å². The van der Waals surface area contributed by atoms with Crippen LogP contribution in [0.2, 0.25) is 0 Å². The molecule has 0 saturated heterocycles. The van der Waals surface area contributed by atoms with Crippen molar-refractivity contribution in [2.45, 2.75) is 12.8 Å². The lowest BCUT2D eigenvalue weighted by atomic mass is 10.3.